The van der Waals surface area contributed by atoms with Gasteiger partial charge in [-0.2, -0.15) is 5.10 Å². The molecule has 0 spiro atoms. The van der Waals surface area contributed by atoms with E-state index in [4.69, 9.17) is 0 Å². The van der Waals surface area contributed by atoms with Crippen LogP contribution in [-0.2, 0) is 6.54 Å². The molecule has 2 aromatic rings. The molecule has 0 bridgehead atoms. The summed E-state index contributed by atoms with van der Waals surface area (Å²) in [5.41, 5.74) is 2.25. The van der Waals surface area contributed by atoms with Crippen LogP contribution < -0.4 is 5.32 Å². The van der Waals surface area contributed by atoms with Gasteiger partial charge in [-0.25, -0.2) is 4.98 Å². The van der Waals surface area contributed by atoms with Crippen molar-refractivity contribution in [3.63, 3.8) is 0 Å². The Bertz CT molecular complexity index is 574. The zero-order valence-electron chi connectivity index (χ0n) is 10.8. The van der Waals surface area contributed by atoms with Crippen molar-refractivity contribution in [3.8, 4) is 0 Å². The molecule has 5 nitrogen and oxygen atoms in total. The van der Waals surface area contributed by atoms with Gasteiger partial charge in [0.05, 0.1) is 0 Å². The average Bonchev–Trinajstić information content (AvgIpc) is 2.70. The smallest absolute Gasteiger partial charge is 0.277 e. The topological polar surface area (TPSA) is 59.8 Å². The number of hydrogen-bond acceptors (Lipinski definition) is 3. The van der Waals surface area contributed by atoms with E-state index in [1.54, 1.807) is 16.8 Å². The number of anilines is 1. The molecule has 18 heavy (non-hydrogen) atoms. The molecule has 0 unspecified atom stereocenters. The van der Waals surface area contributed by atoms with E-state index in [9.17, 15) is 4.79 Å². The molecular formula is C13H16N4O. The fourth-order valence-electron chi connectivity index (χ4n) is 1.73. The molecule has 0 aromatic carbocycles. The molecule has 0 saturated carbocycles. The summed E-state index contributed by atoms with van der Waals surface area (Å²) >= 11 is 0. The minimum absolute atomic E-state index is 0.233. The number of carbonyl (C=O) groups excluding carboxylic acids is 1. The second-order valence-electron chi connectivity index (χ2n) is 4.11. The van der Waals surface area contributed by atoms with Crippen LogP contribution in [0.4, 0.5) is 5.82 Å². The van der Waals surface area contributed by atoms with Gasteiger partial charge in [-0.15, -0.1) is 0 Å². The fourth-order valence-corrected chi connectivity index (χ4v) is 1.73. The number of nitrogens with one attached hydrogen (secondary N) is 1. The second kappa shape index (κ2) is 5.00. The van der Waals surface area contributed by atoms with Crippen LogP contribution >= 0.6 is 0 Å². The maximum atomic E-state index is 12.0. The van der Waals surface area contributed by atoms with E-state index in [2.05, 4.69) is 15.4 Å². The van der Waals surface area contributed by atoms with Crippen molar-refractivity contribution < 1.29 is 4.79 Å². The Hall–Kier alpha value is -2.17. The minimum Gasteiger partial charge on any atom is -0.305 e. The van der Waals surface area contributed by atoms with Gasteiger partial charge in [0.2, 0.25) is 0 Å². The quantitative estimate of drug-likeness (QED) is 0.900. The third-order valence-corrected chi connectivity index (χ3v) is 2.64. The Morgan fingerprint density at radius 1 is 1.39 bits per heavy atom. The number of aryl methyl sites for hydroxylation is 3. The van der Waals surface area contributed by atoms with Crippen LogP contribution in [0.2, 0.25) is 0 Å². The third kappa shape index (κ3) is 2.56. The number of carbonyl (C=O) groups is 1. The lowest BCUT2D eigenvalue weighted by atomic mass is 10.3. The van der Waals surface area contributed by atoms with Crippen LogP contribution in [0.3, 0.4) is 0 Å². The highest BCUT2D eigenvalue weighted by Crippen LogP contribution is 2.08. The normalized spacial score (nSPS) is 10.4. The zero-order valence-corrected chi connectivity index (χ0v) is 10.8. The molecule has 2 rings (SSSR count). The fraction of sp³-hybridized carbons (Fsp3) is 0.308. The molecule has 0 aliphatic rings. The summed E-state index contributed by atoms with van der Waals surface area (Å²) in [5, 5.41) is 6.96. The van der Waals surface area contributed by atoms with Gasteiger partial charge in [0.15, 0.2) is 5.69 Å². The third-order valence-electron chi connectivity index (χ3n) is 2.64. The van der Waals surface area contributed by atoms with Gasteiger partial charge in [-0.3, -0.25) is 9.48 Å². The van der Waals surface area contributed by atoms with Crippen molar-refractivity contribution >= 4 is 11.7 Å². The van der Waals surface area contributed by atoms with Gasteiger partial charge in [-0.05, 0) is 39.0 Å². The largest absolute Gasteiger partial charge is 0.305 e. The number of hydrogen-bond donors (Lipinski definition) is 1. The highest BCUT2D eigenvalue weighted by molar-refractivity contribution is 6.02. The Kier molecular flexibility index (Phi) is 3.41. The Balaban J connectivity index is 2.16. The summed E-state index contributed by atoms with van der Waals surface area (Å²) in [7, 11) is 0. The molecule has 1 N–H and O–H groups in total. The molecule has 94 valence electrons. The zero-order chi connectivity index (χ0) is 13.1. The van der Waals surface area contributed by atoms with E-state index in [1.165, 1.54) is 0 Å². The van der Waals surface area contributed by atoms with Crippen molar-refractivity contribution in [2.75, 3.05) is 5.32 Å². The first-order valence-corrected chi connectivity index (χ1v) is 5.89. The standard InChI is InChI=1S/C13H16N4O/c1-4-17-10(3)8-11(16-17)13(18)15-12-7-5-6-9(2)14-12/h5-8H,4H2,1-3H3,(H,14,15,18). The van der Waals surface area contributed by atoms with Gasteiger partial charge in [0, 0.05) is 17.9 Å². The van der Waals surface area contributed by atoms with E-state index >= 15 is 0 Å². The summed E-state index contributed by atoms with van der Waals surface area (Å²) in [6.07, 6.45) is 0. The van der Waals surface area contributed by atoms with Crippen molar-refractivity contribution in [1.29, 1.82) is 0 Å². The minimum atomic E-state index is -0.233. The predicted octanol–water partition coefficient (Wildman–Crippen LogP) is 2.17. The van der Waals surface area contributed by atoms with Gasteiger partial charge < -0.3 is 5.32 Å². The van der Waals surface area contributed by atoms with Crippen molar-refractivity contribution in [2.24, 2.45) is 0 Å². The van der Waals surface area contributed by atoms with Crippen LogP contribution in [-0.4, -0.2) is 20.7 Å². The number of pyridine rings is 1. The van der Waals surface area contributed by atoms with Crippen LogP contribution in [0.15, 0.2) is 24.3 Å². The van der Waals surface area contributed by atoms with E-state index in [-0.39, 0.29) is 5.91 Å². The summed E-state index contributed by atoms with van der Waals surface area (Å²) < 4.78 is 1.79. The maximum absolute atomic E-state index is 12.0. The number of aromatic nitrogens is 3. The molecule has 5 heteroatoms. The van der Waals surface area contributed by atoms with Gasteiger partial charge in [0.25, 0.3) is 5.91 Å². The summed E-state index contributed by atoms with van der Waals surface area (Å²) in [6, 6.07) is 7.27. The van der Waals surface area contributed by atoms with E-state index in [0.717, 1.165) is 17.9 Å². The van der Waals surface area contributed by atoms with Gasteiger partial charge >= 0.3 is 0 Å². The molecular weight excluding hydrogens is 228 g/mol. The molecule has 0 fully saturated rings. The number of rotatable bonds is 3. The first-order chi connectivity index (χ1) is 8.60. The maximum Gasteiger partial charge on any atom is 0.277 e. The summed E-state index contributed by atoms with van der Waals surface area (Å²) in [6.45, 7) is 6.55. The van der Waals surface area contributed by atoms with Gasteiger partial charge in [0.1, 0.15) is 5.82 Å². The predicted molar refractivity (Wildman–Crippen MR) is 69.6 cm³/mol. The molecule has 1 amide bonds. The van der Waals surface area contributed by atoms with Gasteiger partial charge in [-0.1, -0.05) is 6.07 Å². The van der Waals surface area contributed by atoms with E-state index < -0.39 is 0 Å². The lowest BCUT2D eigenvalue weighted by Gasteiger charge is -2.02. The molecule has 2 aromatic heterocycles. The SMILES string of the molecule is CCn1nc(C(=O)Nc2cccc(C)n2)cc1C. The first kappa shape index (κ1) is 12.3. The highest BCUT2D eigenvalue weighted by Gasteiger charge is 2.12. The number of nitrogens with zero attached hydrogens (tertiary/aromatic N) is 3. The monoisotopic (exact) mass is 244 g/mol. The van der Waals surface area contributed by atoms with Crippen LogP contribution in [0.25, 0.3) is 0 Å². The van der Waals surface area contributed by atoms with Crippen LogP contribution in [0.5, 0.6) is 0 Å². The Morgan fingerprint density at radius 2 is 2.17 bits per heavy atom. The molecule has 2 heterocycles. The number of amides is 1. The molecule has 0 atom stereocenters. The first-order valence-electron chi connectivity index (χ1n) is 5.89. The van der Waals surface area contributed by atoms with Crippen LogP contribution in [0.1, 0.15) is 28.8 Å². The van der Waals surface area contributed by atoms with Crippen molar-refractivity contribution in [3.05, 3.63) is 41.3 Å². The van der Waals surface area contributed by atoms with E-state index in [0.29, 0.717) is 11.5 Å². The van der Waals surface area contributed by atoms with Crippen LogP contribution in [0, 0.1) is 13.8 Å². The Morgan fingerprint density at radius 3 is 2.78 bits per heavy atom. The Labute approximate surface area is 106 Å². The lowest BCUT2D eigenvalue weighted by molar-refractivity contribution is 0.102. The molecule has 0 saturated heterocycles. The summed E-state index contributed by atoms with van der Waals surface area (Å²) in [5.74, 6) is 0.312. The highest BCUT2D eigenvalue weighted by atomic mass is 16.2. The van der Waals surface area contributed by atoms with Crippen molar-refractivity contribution in [1.82, 2.24) is 14.8 Å². The average molecular weight is 244 g/mol. The second-order valence-corrected chi connectivity index (χ2v) is 4.11. The molecule has 0 aliphatic carbocycles. The van der Waals surface area contributed by atoms with Crippen molar-refractivity contribution in [2.45, 2.75) is 27.3 Å². The molecule has 0 aliphatic heterocycles. The molecule has 0 radical (unpaired) electrons. The lowest BCUT2D eigenvalue weighted by Crippen LogP contribution is -2.14. The summed E-state index contributed by atoms with van der Waals surface area (Å²) in [4.78, 5) is 16.2. The van der Waals surface area contributed by atoms with E-state index in [1.807, 2.05) is 32.9 Å².